The van der Waals surface area contributed by atoms with Gasteiger partial charge in [-0.1, -0.05) is 30.4 Å². The lowest BCUT2D eigenvalue weighted by atomic mass is 10.2. The summed E-state index contributed by atoms with van der Waals surface area (Å²) in [5.41, 5.74) is 0.986. The van der Waals surface area contributed by atoms with Crippen LogP contribution in [0.4, 0.5) is 0 Å². The van der Waals surface area contributed by atoms with Gasteiger partial charge in [0.25, 0.3) is 0 Å². The van der Waals surface area contributed by atoms with Crippen molar-refractivity contribution in [2.75, 3.05) is 13.3 Å². The van der Waals surface area contributed by atoms with Gasteiger partial charge in [-0.2, -0.15) is 0 Å². The van der Waals surface area contributed by atoms with Crippen LogP contribution in [0.1, 0.15) is 5.56 Å². The summed E-state index contributed by atoms with van der Waals surface area (Å²) in [6.07, 6.45) is 8.47. The maximum atomic E-state index is 11.3. The lowest BCUT2D eigenvalue weighted by molar-refractivity contribution is -0.116. The molecule has 98 valence electrons. The number of benzene rings is 1. The van der Waals surface area contributed by atoms with Crippen LogP contribution in [0.5, 0.6) is 11.5 Å². The third-order valence-corrected chi connectivity index (χ3v) is 2.46. The van der Waals surface area contributed by atoms with E-state index in [4.69, 9.17) is 9.47 Å². The molecule has 0 aliphatic carbocycles. The number of rotatable bonds is 5. The van der Waals surface area contributed by atoms with Gasteiger partial charge in [-0.25, -0.2) is 0 Å². The molecule has 1 aromatic rings. The van der Waals surface area contributed by atoms with Crippen molar-refractivity contribution in [3.63, 3.8) is 0 Å². The van der Waals surface area contributed by atoms with Gasteiger partial charge in [0.05, 0.1) is 0 Å². The normalized spacial score (nSPS) is 13.1. The molecular formula is C15H15NO3. The van der Waals surface area contributed by atoms with E-state index in [0.717, 1.165) is 17.1 Å². The second-order valence-electron chi connectivity index (χ2n) is 3.86. The Morgan fingerprint density at radius 1 is 1.32 bits per heavy atom. The molecule has 0 saturated heterocycles. The second-order valence-corrected chi connectivity index (χ2v) is 3.86. The number of amides is 1. The molecule has 1 heterocycles. The van der Waals surface area contributed by atoms with Crippen LogP contribution in [0, 0.1) is 0 Å². The molecule has 4 nitrogen and oxygen atoms in total. The average molecular weight is 257 g/mol. The summed E-state index contributed by atoms with van der Waals surface area (Å²) in [6.45, 7) is 4.26. The molecule has 1 aromatic carbocycles. The summed E-state index contributed by atoms with van der Waals surface area (Å²) in [7, 11) is 0. The Morgan fingerprint density at radius 2 is 2.16 bits per heavy atom. The van der Waals surface area contributed by atoms with Gasteiger partial charge in [-0.15, -0.1) is 6.58 Å². The topological polar surface area (TPSA) is 47.6 Å². The number of hydrogen-bond acceptors (Lipinski definition) is 3. The van der Waals surface area contributed by atoms with E-state index < -0.39 is 0 Å². The van der Waals surface area contributed by atoms with E-state index in [1.807, 2.05) is 24.3 Å². The van der Waals surface area contributed by atoms with Gasteiger partial charge < -0.3 is 14.8 Å². The fourth-order valence-electron chi connectivity index (χ4n) is 1.56. The molecule has 1 N–H and O–H groups in total. The van der Waals surface area contributed by atoms with E-state index in [2.05, 4.69) is 11.9 Å². The zero-order chi connectivity index (χ0) is 13.5. The number of fused-ring (bicyclic) bond motifs is 1. The highest BCUT2D eigenvalue weighted by Crippen LogP contribution is 2.32. The molecule has 1 aliphatic heterocycles. The quantitative estimate of drug-likeness (QED) is 0.500. The number of ether oxygens (including phenoxy) is 2. The van der Waals surface area contributed by atoms with Crippen LogP contribution in [0.25, 0.3) is 6.08 Å². The first-order valence-electron chi connectivity index (χ1n) is 5.93. The Kier molecular flexibility index (Phi) is 4.39. The fourth-order valence-corrected chi connectivity index (χ4v) is 1.56. The highest BCUT2D eigenvalue weighted by atomic mass is 16.7. The average Bonchev–Trinajstić information content (AvgIpc) is 2.88. The molecule has 1 amide bonds. The van der Waals surface area contributed by atoms with Crippen LogP contribution >= 0.6 is 0 Å². The molecule has 0 bridgehead atoms. The Bertz CT molecular complexity index is 532. The summed E-state index contributed by atoms with van der Waals surface area (Å²) in [5, 5.41) is 2.65. The first kappa shape index (κ1) is 13.0. The summed E-state index contributed by atoms with van der Waals surface area (Å²) >= 11 is 0. The molecule has 0 aromatic heterocycles. The van der Waals surface area contributed by atoms with Gasteiger partial charge in [0.1, 0.15) is 0 Å². The highest BCUT2D eigenvalue weighted by Gasteiger charge is 2.11. The van der Waals surface area contributed by atoms with Crippen molar-refractivity contribution < 1.29 is 14.3 Å². The third kappa shape index (κ3) is 3.74. The minimum atomic E-state index is -0.143. The lowest BCUT2D eigenvalue weighted by Gasteiger charge is -1.97. The van der Waals surface area contributed by atoms with Crippen LogP contribution in [0.2, 0.25) is 0 Å². The Balaban J connectivity index is 1.90. The summed E-state index contributed by atoms with van der Waals surface area (Å²) in [4.78, 5) is 11.3. The standard InChI is InChI=1S/C15H15NO3/c1-2-9-16-15(17)6-4-3-5-12-7-8-13-14(10-12)19-11-18-13/h2-8,10H,1,9,11H2,(H,16,17)/b5-3-,6-4+. The van der Waals surface area contributed by atoms with E-state index in [1.54, 1.807) is 18.2 Å². The molecule has 0 saturated carbocycles. The van der Waals surface area contributed by atoms with Crippen molar-refractivity contribution in [3.8, 4) is 11.5 Å². The maximum Gasteiger partial charge on any atom is 0.244 e. The predicted molar refractivity (Wildman–Crippen MR) is 73.9 cm³/mol. The largest absolute Gasteiger partial charge is 0.454 e. The van der Waals surface area contributed by atoms with Gasteiger partial charge in [-0.05, 0) is 17.7 Å². The van der Waals surface area contributed by atoms with E-state index >= 15 is 0 Å². The van der Waals surface area contributed by atoms with Crippen molar-refractivity contribution in [1.82, 2.24) is 5.32 Å². The Hall–Kier alpha value is -2.49. The molecule has 0 fully saturated rings. The van der Waals surface area contributed by atoms with Gasteiger partial charge in [0, 0.05) is 12.6 Å². The van der Waals surface area contributed by atoms with Crippen molar-refractivity contribution in [3.05, 3.63) is 54.6 Å². The summed E-state index contributed by atoms with van der Waals surface area (Å²) in [6, 6.07) is 5.68. The van der Waals surface area contributed by atoms with Crippen LogP contribution in [0.3, 0.4) is 0 Å². The number of carbonyl (C=O) groups is 1. The zero-order valence-electron chi connectivity index (χ0n) is 10.5. The first-order chi connectivity index (χ1) is 9.29. The summed E-state index contributed by atoms with van der Waals surface area (Å²) in [5.74, 6) is 1.36. The molecule has 4 heteroatoms. The molecule has 0 spiro atoms. The Morgan fingerprint density at radius 3 is 3.00 bits per heavy atom. The van der Waals surface area contributed by atoms with Gasteiger partial charge in [-0.3, -0.25) is 4.79 Å². The smallest absolute Gasteiger partial charge is 0.244 e. The molecule has 1 aliphatic rings. The van der Waals surface area contributed by atoms with E-state index in [0.29, 0.717) is 6.54 Å². The zero-order valence-corrected chi connectivity index (χ0v) is 10.5. The van der Waals surface area contributed by atoms with E-state index in [-0.39, 0.29) is 12.7 Å². The number of nitrogens with one attached hydrogen (secondary N) is 1. The minimum Gasteiger partial charge on any atom is -0.454 e. The van der Waals surface area contributed by atoms with Gasteiger partial charge >= 0.3 is 0 Å². The molecule has 19 heavy (non-hydrogen) atoms. The monoisotopic (exact) mass is 257 g/mol. The van der Waals surface area contributed by atoms with E-state index in [9.17, 15) is 4.79 Å². The number of carbonyl (C=O) groups excluding carboxylic acids is 1. The third-order valence-electron chi connectivity index (χ3n) is 2.46. The van der Waals surface area contributed by atoms with Crippen molar-refractivity contribution >= 4 is 12.0 Å². The first-order valence-corrected chi connectivity index (χ1v) is 5.93. The SMILES string of the molecule is C=CCNC(=O)/C=C/C=C\c1ccc2c(c1)OCO2. The second kappa shape index (κ2) is 6.44. The van der Waals surface area contributed by atoms with Crippen molar-refractivity contribution in [1.29, 1.82) is 0 Å². The molecule has 0 radical (unpaired) electrons. The summed E-state index contributed by atoms with van der Waals surface area (Å²) < 4.78 is 10.5. The van der Waals surface area contributed by atoms with Gasteiger partial charge in [0.2, 0.25) is 12.7 Å². The number of hydrogen-bond donors (Lipinski definition) is 1. The van der Waals surface area contributed by atoms with Gasteiger partial charge in [0.15, 0.2) is 11.5 Å². The maximum absolute atomic E-state index is 11.3. The minimum absolute atomic E-state index is 0.143. The lowest BCUT2D eigenvalue weighted by Crippen LogP contribution is -2.20. The van der Waals surface area contributed by atoms with E-state index in [1.165, 1.54) is 6.08 Å². The molecule has 2 rings (SSSR count). The van der Waals surface area contributed by atoms with Crippen LogP contribution in [0.15, 0.2) is 49.1 Å². The van der Waals surface area contributed by atoms with Crippen LogP contribution in [-0.2, 0) is 4.79 Å². The van der Waals surface area contributed by atoms with Crippen LogP contribution < -0.4 is 14.8 Å². The predicted octanol–water partition coefficient (Wildman–Crippen LogP) is 2.29. The Labute approximate surface area is 112 Å². The van der Waals surface area contributed by atoms with Crippen LogP contribution in [-0.4, -0.2) is 19.2 Å². The highest BCUT2D eigenvalue weighted by molar-refractivity contribution is 5.88. The molecule has 0 atom stereocenters. The molecular weight excluding hydrogens is 242 g/mol. The number of allylic oxidation sites excluding steroid dienone is 2. The van der Waals surface area contributed by atoms with Crippen molar-refractivity contribution in [2.24, 2.45) is 0 Å². The fraction of sp³-hybridized carbons (Fsp3) is 0.133. The van der Waals surface area contributed by atoms with Crippen molar-refractivity contribution in [2.45, 2.75) is 0 Å². The molecule has 0 unspecified atom stereocenters.